The van der Waals surface area contributed by atoms with E-state index in [4.69, 9.17) is 18.9 Å². The van der Waals surface area contributed by atoms with Gasteiger partial charge in [0.25, 0.3) is 0 Å². The summed E-state index contributed by atoms with van der Waals surface area (Å²) in [6.07, 6.45) is 1.61. The Morgan fingerprint density at radius 3 is 2.25 bits per heavy atom. The molecule has 12 heteroatoms. The first-order chi connectivity index (χ1) is 21.1. The van der Waals surface area contributed by atoms with E-state index in [0.29, 0.717) is 39.6 Å². The fraction of sp³-hybridized carbons (Fsp3) is 0.250. The molecule has 1 fully saturated rings. The number of carbonyl (C=O) groups is 3. The summed E-state index contributed by atoms with van der Waals surface area (Å²) in [5, 5.41) is 3.45. The molecule has 44 heavy (non-hydrogen) atoms. The van der Waals surface area contributed by atoms with Crippen molar-refractivity contribution < 1.29 is 37.7 Å². The second kappa shape index (κ2) is 12.5. The van der Waals surface area contributed by atoms with E-state index in [-0.39, 0.29) is 24.0 Å². The molecule has 1 aliphatic rings. The highest BCUT2D eigenvalue weighted by Gasteiger charge is 2.44. The standard InChI is InChI=1S/C32H31FN4O7/c1-18(2)36-17-23(31(39)37(32(36)40)20-8-6-19(33)7-9-20)30(38)35-24-11-10-21(14-27(24)41-3)44-26-12-13-34-25-16-29(43-5)28(42-4)15-22(25)26/h6-16,18,23H,17H2,1-5H3,(H,35,38). The lowest BCUT2D eigenvalue weighted by Crippen LogP contribution is -2.61. The van der Waals surface area contributed by atoms with Crippen LogP contribution in [0.15, 0.2) is 66.9 Å². The summed E-state index contributed by atoms with van der Waals surface area (Å²) in [6, 6.07) is 14.1. The number of hydrogen-bond acceptors (Lipinski definition) is 8. The third kappa shape index (κ3) is 5.78. The first-order valence-electron chi connectivity index (χ1n) is 13.7. The van der Waals surface area contributed by atoms with Crippen molar-refractivity contribution in [2.75, 3.05) is 38.1 Å². The number of urea groups is 1. The lowest BCUT2D eigenvalue weighted by molar-refractivity contribution is -0.132. The number of ether oxygens (including phenoxy) is 4. The molecule has 0 radical (unpaired) electrons. The number of benzene rings is 3. The van der Waals surface area contributed by atoms with Gasteiger partial charge in [-0.05, 0) is 62.4 Å². The number of pyridine rings is 1. The van der Waals surface area contributed by atoms with Crippen molar-refractivity contribution in [2.24, 2.45) is 5.92 Å². The molecule has 1 aromatic heterocycles. The number of rotatable bonds is 9. The fourth-order valence-electron chi connectivity index (χ4n) is 4.91. The van der Waals surface area contributed by atoms with Crippen LogP contribution in [0.25, 0.3) is 10.9 Å². The molecular formula is C32H31FN4O7. The Balaban J connectivity index is 1.40. The van der Waals surface area contributed by atoms with Crippen LogP contribution in [0.3, 0.4) is 0 Å². The van der Waals surface area contributed by atoms with Crippen molar-refractivity contribution >= 4 is 40.1 Å². The molecule has 1 N–H and O–H groups in total. The average molecular weight is 603 g/mol. The summed E-state index contributed by atoms with van der Waals surface area (Å²) in [5.74, 6) is -0.847. The zero-order valence-corrected chi connectivity index (χ0v) is 24.8. The second-order valence-electron chi connectivity index (χ2n) is 10.2. The molecule has 228 valence electrons. The van der Waals surface area contributed by atoms with Crippen molar-refractivity contribution in [3.63, 3.8) is 0 Å². The van der Waals surface area contributed by atoms with E-state index >= 15 is 0 Å². The number of imide groups is 1. The van der Waals surface area contributed by atoms with Gasteiger partial charge in [-0.25, -0.2) is 14.1 Å². The number of carbonyl (C=O) groups excluding carboxylic acids is 3. The van der Waals surface area contributed by atoms with Gasteiger partial charge in [-0.1, -0.05) is 0 Å². The number of anilines is 2. The summed E-state index contributed by atoms with van der Waals surface area (Å²) in [5.41, 5.74) is 1.10. The Bertz CT molecular complexity index is 1730. The molecule has 3 aromatic carbocycles. The van der Waals surface area contributed by atoms with Gasteiger partial charge in [-0.2, -0.15) is 0 Å². The molecule has 0 saturated carbocycles. The van der Waals surface area contributed by atoms with Gasteiger partial charge in [-0.15, -0.1) is 0 Å². The molecule has 4 amide bonds. The Morgan fingerprint density at radius 1 is 0.909 bits per heavy atom. The van der Waals surface area contributed by atoms with E-state index in [0.717, 1.165) is 17.0 Å². The third-order valence-corrected chi connectivity index (χ3v) is 7.22. The molecule has 0 spiro atoms. The zero-order chi connectivity index (χ0) is 31.5. The lowest BCUT2D eigenvalue weighted by atomic mass is 10.0. The van der Waals surface area contributed by atoms with Crippen LogP contribution in [-0.2, 0) is 9.59 Å². The summed E-state index contributed by atoms with van der Waals surface area (Å²) in [4.78, 5) is 46.9. The molecule has 1 aliphatic heterocycles. The minimum absolute atomic E-state index is 0.119. The summed E-state index contributed by atoms with van der Waals surface area (Å²) in [6.45, 7) is 3.45. The number of hydrogen-bond donors (Lipinski definition) is 1. The van der Waals surface area contributed by atoms with Crippen LogP contribution >= 0.6 is 0 Å². The first kappa shape index (κ1) is 30.1. The Kier molecular flexibility index (Phi) is 8.52. The maximum atomic E-state index is 13.6. The van der Waals surface area contributed by atoms with Crippen LogP contribution < -0.4 is 29.2 Å². The molecule has 4 aromatic rings. The SMILES string of the molecule is COc1cc(Oc2ccnc3cc(OC)c(OC)cc23)ccc1NC(=O)C1CN(C(C)C)C(=O)N(c2ccc(F)cc2)C1=O. The molecular weight excluding hydrogens is 571 g/mol. The number of amides is 4. The maximum Gasteiger partial charge on any atom is 0.331 e. The van der Waals surface area contributed by atoms with E-state index in [1.165, 1.54) is 31.3 Å². The van der Waals surface area contributed by atoms with Gasteiger partial charge in [0.05, 0.1) is 38.2 Å². The Hall–Kier alpha value is -5.39. The molecule has 2 heterocycles. The average Bonchev–Trinajstić information content (AvgIpc) is 3.01. The van der Waals surface area contributed by atoms with E-state index in [1.807, 2.05) is 0 Å². The van der Waals surface area contributed by atoms with Gasteiger partial charge in [0.1, 0.15) is 29.0 Å². The highest BCUT2D eigenvalue weighted by Crippen LogP contribution is 2.38. The van der Waals surface area contributed by atoms with Crippen LogP contribution in [0.1, 0.15) is 13.8 Å². The summed E-state index contributed by atoms with van der Waals surface area (Å²) >= 11 is 0. The van der Waals surface area contributed by atoms with Crippen molar-refractivity contribution in [3.05, 3.63) is 72.7 Å². The van der Waals surface area contributed by atoms with Gasteiger partial charge in [0.15, 0.2) is 11.5 Å². The number of aromatic nitrogens is 1. The van der Waals surface area contributed by atoms with Crippen molar-refractivity contribution in [1.29, 1.82) is 0 Å². The minimum Gasteiger partial charge on any atom is -0.494 e. The number of methoxy groups -OCH3 is 3. The van der Waals surface area contributed by atoms with Gasteiger partial charge < -0.3 is 29.2 Å². The highest BCUT2D eigenvalue weighted by atomic mass is 19.1. The summed E-state index contributed by atoms with van der Waals surface area (Å²) in [7, 11) is 4.52. The predicted octanol–water partition coefficient (Wildman–Crippen LogP) is 5.62. The maximum absolute atomic E-state index is 13.6. The van der Waals surface area contributed by atoms with Crippen LogP contribution in [-0.4, -0.2) is 61.6 Å². The van der Waals surface area contributed by atoms with Crippen LogP contribution in [0.5, 0.6) is 28.7 Å². The molecule has 11 nitrogen and oxygen atoms in total. The minimum atomic E-state index is -1.23. The van der Waals surface area contributed by atoms with Crippen LogP contribution in [0, 0.1) is 11.7 Å². The number of nitrogens with one attached hydrogen (secondary N) is 1. The summed E-state index contributed by atoms with van der Waals surface area (Å²) < 4.78 is 36.0. The molecule has 5 rings (SSSR count). The molecule has 1 saturated heterocycles. The smallest absolute Gasteiger partial charge is 0.331 e. The third-order valence-electron chi connectivity index (χ3n) is 7.22. The van der Waals surface area contributed by atoms with Gasteiger partial charge in [-0.3, -0.25) is 14.6 Å². The van der Waals surface area contributed by atoms with Gasteiger partial charge in [0.2, 0.25) is 11.8 Å². The first-order valence-corrected chi connectivity index (χ1v) is 13.7. The number of halogens is 1. The van der Waals surface area contributed by atoms with Crippen molar-refractivity contribution in [2.45, 2.75) is 19.9 Å². The molecule has 1 unspecified atom stereocenters. The quantitative estimate of drug-likeness (QED) is 0.245. The van der Waals surface area contributed by atoms with Crippen molar-refractivity contribution in [3.8, 4) is 28.7 Å². The largest absolute Gasteiger partial charge is 0.494 e. The van der Waals surface area contributed by atoms with E-state index in [2.05, 4.69) is 10.3 Å². The number of fused-ring (bicyclic) bond motifs is 1. The van der Waals surface area contributed by atoms with E-state index in [9.17, 15) is 18.8 Å². The lowest BCUT2D eigenvalue weighted by Gasteiger charge is -2.39. The Labute approximate surface area is 253 Å². The predicted molar refractivity (Wildman–Crippen MR) is 161 cm³/mol. The second-order valence-corrected chi connectivity index (χ2v) is 10.2. The molecule has 1 atom stereocenters. The monoisotopic (exact) mass is 602 g/mol. The molecule has 0 bridgehead atoms. The zero-order valence-electron chi connectivity index (χ0n) is 24.8. The molecule has 0 aliphatic carbocycles. The fourth-order valence-corrected chi connectivity index (χ4v) is 4.91. The van der Waals surface area contributed by atoms with Crippen LogP contribution in [0.4, 0.5) is 20.6 Å². The van der Waals surface area contributed by atoms with Crippen molar-refractivity contribution in [1.82, 2.24) is 9.88 Å². The van der Waals surface area contributed by atoms with Gasteiger partial charge >= 0.3 is 6.03 Å². The number of nitrogens with zero attached hydrogens (tertiary/aromatic N) is 3. The normalized spacial score (nSPS) is 15.0. The van der Waals surface area contributed by atoms with E-state index < -0.39 is 29.6 Å². The highest BCUT2D eigenvalue weighted by molar-refractivity contribution is 6.23. The Morgan fingerprint density at radius 2 is 1.59 bits per heavy atom. The van der Waals surface area contributed by atoms with E-state index in [1.54, 1.807) is 63.6 Å². The topological polar surface area (TPSA) is 120 Å². The van der Waals surface area contributed by atoms with Gasteiger partial charge in [0, 0.05) is 36.3 Å². The van der Waals surface area contributed by atoms with Crippen LogP contribution in [0.2, 0.25) is 0 Å².